The minimum Gasteiger partial charge on any atom is -0.355 e. The molecule has 0 amide bonds. The van der Waals surface area contributed by atoms with Gasteiger partial charge in [-0.25, -0.2) is 0 Å². The second-order valence-corrected chi connectivity index (χ2v) is 4.59. The Morgan fingerprint density at radius 2 is 1.91 bits per heavy atom. The highest BCUT2D eigenvalue weighted by atomic mass is 14.7. The van der Waals surface area contributed by atoms with E-state index in [1.807, 2.05) is 0 Å². The zero-order chi connectivity index (χ0) is 8.43. The first-order chi connectivity index (χ1) is 5.11. The molecule has 1 aliphatic rings. The molecule has 0 spiro atoms. The lowest BCUT2D eigenvalue weighted by molar-refractivity contribution is -0.443. The predicted molar refractivity (Wildman–Crippen MR) is 48.0 cm³/mol. The fraction of sp³-hybridized carbons (Fsp3) is 1.00. The van der Waals surface area contributed by atoms with Gasteiger partial charge in [0.05, 0.1) is 6.04 Å². The van der Waals surface area contributed by atoms with Crippen molar-refractivity contribution in [2.24, 2.45) is 17.8 Å². The molecule has 0 aromatic heterocycles. The van der Waals surface area contributed by atoms with Gasteiger partial charge in [0.2, 0.25) is 0 Å². The summed E-state index contributed by atoms with van der Waals surface area (Å²) in [6.07, 6.45) is 4.19. The number of hydrogen-bond donors (Lipinski definition) is 1. The fourth-order valence-electron chi connectivity index (χ4n) is 2.40. The lowest BCUT2D eigenvalue weighted by Crippen LogP contribution is -2.66. The molecule has 1 rings (SSSR count). The molecule has 3 N–H and O–H groups in total. The van der Waals surface area contributed by atoms with Crippen LogP contribution in [0.1, 0.15) is 40.0 Å². The van der Waals surface area contributed by atoms with Crippen molar-refractivity contribution in [2.75, 3.05) is 0 Å². The normalized spacial score (nSPS) is 39.5. The van der Waals surface area contributed by atoms with Crippen LogP contribution in [0.2, 0.25) is 0 Å². The Morgan fingerprint density at radius 3 is 2.36 bits per heavy atom. The summed E-state index contributed by atoms with van der Waals surface area (Å²) >= 11 is 0. The first kappa shape index (κ1) is 9.05. The van der Waals surface area contributed by atoms with Gasteiger partial charge in [-0.05, 0) is 24.7 Å². The Hall–Kier alpha value is -0.0400. The Morgan fingerprint density at radius 1 is 1.27 bits per heavy atom. The summed E-state index contributed by atoms with van der Waals surface area (Å²) in [5.41, 5.74) is 4.25. The van der Waals surface area contributed by atoms with Crippen LogP contribution < -0.4 is 5.73 Å². The van der Waals surface area contributed by atoms with Gasteiger partial charge in [0, 0.05) is 12.3 Å². The third kappa shape index (κ3) is 2.19. The minimum absolute atomic E-state index is 0.721. The summed E-state index contributed by atoms with van der Waals surface area (Å²) in [4.78, 5) is 0. The second kappa shape index (κ2) is 3.57. The van der Waals surface area contributed by atoms with Gasteiger partial charge in [-0.15, -0.1) is 0 Å². The molecule has 66 valence electrons. The van der Waals surface area contributed by atoms with E-state index in [1.165, 1.54) is 19.3 Å². The van der Waals surface area contributed by atoms with E-state index in [4.69, 9.17) is 0 Å². The van der Waals surface area contributed by atoms with E-state index in [0.29, 0.717) is 0 Å². The largest absolute Gasteiger partial charge is 0.355 e. The van der Waals surface area contributed by atoms with Crippen LogP contribution in [0.5, 0.6) is 0 Å². The van der Waals surface area contributed by atoms with Crippen LogP contribution in [0.25, 0.3) is 0 Å². The van der Waals surface area contributed by atoms with Crippen molar-refractivity contribution in [3.05, 3.63) is 0 Å². The Bertz CT molecular complexity index is 120. The minimum atomic E-state index is 0.721. The zero-order valence-corrected chi connectivity index (χ0v) is 8.14. The molecule has 1 nitrogen and oxygen atoms in total. The molecular weight excluding hydrogens is 134 g/mol. The van der Waals surface area contributed by atoms with Crippen molar-refractivity contribution in [3.8, 4) is 0 Å². The van der Waals surface area contributed by atoms with Crippen molar-refractivity contribution in [1.82, 2.24) is 0 Å². The number of hydrogen-bond acceptors (Lipinski definition) is 0. The van der Waals surface area contributed by atoms with Gasteiger partial charge in [-0.3, -0.25) is 0 Å². The molecule has 1 fully saturated rings. The summed E-state index contributed by atoms with van der Waals surface area (Å²) in [7, 11) is 0. The van der Waals surface area contributed by atoms with Crippen molar-refractivity contribution < 1.29 is 5.73 Å². The third-order valence-corrected chi connectivity index (χ3v) is 3.16. The Balaban J connectivity index is 2.44. The maximum Gasteiger partial charge on any atom is 0.0877 e. The summed E-state index contributed by atoms with van der Waals surface area (Å²) in [6, 6.07) is 0.721. The van der Waals surface area contributed by atoms with Gasteiger partial charge >= 0.3 is 0 Å². The van der Waals surface area contributed by atoms with E-state index >= 15 is 0 Å². The van der Waals surface area contributed by atoms with Crippen LogP contribution in [-0.4, -0.2) is 6.04 Å². The molecule has 0 heterocycles. The van der Waals surface area contributed by atoms with E-state index in [9.17, 15) is 0 Å². The molecule has 0 aromatic rings. The highest BCUT2D eigenvalue weighted by Gasteiger charge is 2.30. The summed E-state index contributed by atoms with van der Waals surface area (Å²) in [5, 5.41) is 0. The third-order valence-electron chi connectivity index (χ3n) is 3.16. The Kier molecular flexibility index (Phi) is 2.94. The molecule has 0 aromatic carbocycles. The SMILES string of the molecule is CC1CCC(C(C)C)C([NH3+])C1. The molecule has 1 heteroatoms. The maximum atomic E-state index is 4.25. The van der Waals surface area contributed by atoms with Crippen LogP contribution in [0.4, 0.5) is 0 Å². The van der Waals surface area contributed by atoms with Gasteiger partial charge < -0.3 is 5.73 Å². The average molecular weight is 156 g/mol. The summed E-state index contributed by atoms with van der Waals surface area (Å²) in [5.74, 6) is 2.66. The molecule has 11 heavy (non-hydrogen) atoms. The zero-order valence-electron chi connectivity index (χ0n) is 8.14. The van der Waals surface area contributed by atoms with E-state index in [-0.39, 0.29) is 0 Å². The fourth-order valence-corrected chi connectivity index (χ4v) is 2.40. The molecule has 0 saturated heterocycles. The topological polar surface area (TPSA) is 27.6 Å². The van der Waals surface area contributed by atoms with Crippen LogP contribution in [-0.2, 0) is 0 Å². The quantitative estimate of drug-likeness (QED) is 0.598. The van der Waals surface area contributed by atoms with Crippen LogP contribution in [0.15, 0.2) is 0 Å². The van der Waals surface area contributed by atoms with E-state index < -0.39 is 0 Å². The lowest BCUT2D eigenvalue weighted by Gasteiger charge is -2.32. The van der Waals surface area contributed by atoms with Crippen molar-refractivity contribution in [3.63, 3.8) is 0 Å². The van der Waals surface area contributed by atoms with Gasteiger partial charge in [0.25, 0.3) is 0 Å². The van der Waals surface area contributed by atoms with Gasteiger partial charge in [0.15, 0.2) is 0 Å². The molecule has 0 bridgehead atoms. The first-order valence-electron chi connectivity index (χ1n) is 4.94. The molecule has 3 atom stereocenters. The lowest BCUT2D eigenvalue weighted by atomic mass is 9.74. The van der Waals surface area contributed by atoms with Gasteiger partial charge in [0.1, 0.15) is 0 Å². The van der Waals surface area contributed by atoms with E-state index in [1.54, 1.807) is 0 Å². The standard InChI is InChI=1S/C10H21N/c1-7(2)9-5-4-8(3)6-10(9)11/h7-10H,4-6,11H2,1-3H3/p+1. The first-order valence-corrected chi connectivity index (χ1v) is 4.94. The smallest absolute Gasteiger partial charge is 0.0877 e. The molecule has 1 saturated carbocycles. The van der Waals surface area contributed by atoms with Crippen LogP contribution in [0.3, 0.4) is 0 Å². The van der Waals surface area contributed by atoms with E-state index in [0.717, 1.165) is 23.8 Å². The summed E-state index contributed by atoms with van der Waals surface area (Å²) < 4.78 is 0. The number of quaternary nitrogens is 1. The second-order valence-electron chi connectivity index (χ2n) is 4.59. The highest BCUT2D eigenvalue weighted by molar-refractivity contribution is 4.78. The molecule has 3 unspecified atom stereocenters. The maximum absolute atomic E-state index is 4.25. The average Bonchev–Trinajstić information content (AvgIpc) is 1.85. The van der Waals surface area contributed by atoms with Crippen LogP contribution >= 0.6 is 0 Å². The molecule has 0 aliphatic heterocycles. The predicted octanol–water partition coefficient (Wildman–Crippen LogP) is 1.69. The molecule has 1 aliphatic carbocycles. The molecule has 0 radical (unpaired) electrons. The molecular formula is C10H22N+. The van der Waals surface area contributed by atoms with Gasteiger partial charge in [-0.2, -0.15) is 0 Å². The summed E-state index contributed by atoms with van der Waals surface area (Å²) in [6.45, 7) is 7.02. The van der Waals surface area contributed by atoms with Crippen molar-refractivity contribution in [2.45, 2.75) is 46.1 Å². The van der Waals surface area contributed by atoms with Crippen molar-refractivity contribution >= 4 is 0 Å². The monoisotopic (exact) mass is 156 g/mol. The van der Waals surface area contributed by atoms with Gasteiger partial charge in [-0.1, -0.05) is 20.8 Å². The van der Waals surface area contributed by atoms with Crippen molar-refractivity contribution in [1.29, 1.82) is 0 Å². The highest BCUT2D eigenvalue weighted by Crippen LogP contribution is 2.31. The van der Waals surface area contributed by atoms with Crippen LogP contribution in [0, 0.1) is 17.8 Å². The van der Waals surface area contributed by atoms with E-state index in [2.05, 4.69) is 26.5 Å². The number of rotatable bonds is 1. The Labute approximate surface area is 70.4 Å².